The first-order chi connectivity index (χ1) is 21.4. The fourth-order valence-corrected chi connectivity index (χ4v) is 2.99. The van der Waals surface area contributed by atoms with Crippen molar-refractivity contribution in [3.63, 3.8) is 0 Å². The Kier molecular flexibility index (Phi) is 43.8. The molecule has 0 aliphatic carbocycles. The number of amides is 1. The monoisotopic (exact) mass is 635 g/mol. The van der Waals surface area contributed by atoms with E-state index in [1.807, 2.05) is 34.6 Å². The van der Waals surface area contributed by atoms with E-state index in [9.17, 15) is 14.4 Å². The Morgan fingerprint density at radius 2 is 1.07 bits per heavy atom. The number of Topliss-reactive ketones (excluding diaryl/α,β-unsaturated/α-hetero) is 2. The molecule has 44 heavy (non-hydrogen) atoms. The summed E-state index contributed by atoms with van der Waals surface area (Å²) in [5, 5.41) is 2.81. The van der Waals surface area contributed by atoms with Crippen LogP contribution in [-0.2, 0) is 47.5 Å². The Bertz CT molecular complexity index is 632. The third kappa shape index (κ3) is 44.7. The van der Waals surface area contributed by atoms with Crippen molar-refractivity contribution >= 4 is 17.5 Å². The molecular weight excluding hydrogens is 570 g/mol. The molecule has 1 amide bonds. The van der Waals surface area contributed by atoms with E-state index in [2.05, 4.69) is 18.8 Å². The average molecular weight is 636 g/mol. The van der Waals surface area contributed by atoms with Gasteiger partial charge in [0.1, 0.15) is 13.2 Å². The number of carbonyl (C=O) groups excluding carboxylic acids is 3. The molecule has 0 radical (unpaired) electrons. The molecule has 11 nitrogen and oxygen atoms in total. The van der Waals surface area contributed by atoms with Crippen molar-refractivity contribution in [3.05, 3.63) is 12.7 Å². The van der Waals surface area contributed by atoms with Crippen LogP contribution in [0.4, 0.5) is 0 Å². The molecule has 11 heteroatoms. The Morgan fingerprint density at radius 3 is 1.50 bits per heavy atom. The number of unbranched alkanes of at least 4 members (excludes halogenated alkanes) is 1. The summed E-state index contributed by atoms with van der Waals surface area (Å²) >= 11 is 0. The third-order valence-electron chi connectivity index (χ3n) is 5.09. The second-order valence-electron chi connectivity index (χ2n) is 9.79. The molecule has 0 heterocycles. The zero-order chi connectivity index (χ0) is 33.5. The lowest BCUT2D eigenvalue weighted by Gasteiger charge is -2.08. The molecule has 0 aliphatic rings. The molecule has 0 fully saturated rings. The minimum absolute atomic E-state index is 0.0444. The maximum Gasteiger partial charge on any atom is 0.220 e. The van der Waals surface area contributed by atoms with E-state index in [4.69, 9.17) is 33.2 Å². The zero-order valence-electron chi connectivity index (χ0n) is 28.8. The number of nitrogens with one attached hydrogen (secondary N) is 1. The molecule has 0 rings (SSSR count). The van der Waals surface area contributed by atoms with Gasteiger partial charge in [0, 0.05) is 32.4 Å². The van der Waals surface area contributed by atoms with Gasteiger partial charge >= 0.3 is 0 Å². The molecule has 0 bridgehead atoms. The predicted molar refractivity (Wildman–Crippen MR) is 174 cm³/mol. The van der Waals surface area contributed by atoms with Gasteiger partial charge in [-0.25, -0.2) is 0 Å². The summed E-state index contributed by atoms with van der Waals surface area (Å²) in [5.41, 5.74) is 0. The van der Waals surface area contributed by atoms with Gasteiger partial charge in [-0.2, -0.15) is 0 Å². The standard InChI is InChI=1S/C18H35NO6.C13H24O4.C2H6/c1-4-5-17(20)15-25-13-12-24-11-10-23-9-8-22-7-6-19-18(21)14-16(2)3;1-3-5-7-15-8-9-16-10-11-17-12-13(14)6-4-2;1-2/h16H,4-15H2,1-3H3,(H,19,21);4H,2-3,5-12H2,1H3;1-2H3. The van der Waals surface area contributed by atoms with E-state index in [1.165, 1.54) is 0 Å². The SMILES string of the molecule is C=CCC(=O)COCCOCCOCCCC.CC.CCCC(=O)COCCOCCOCCOCCNC(=O)CC(C)C. The van der Waals surface area contributed by atoms with Crippen LogP contribution in [0.1, 0.15) is 80.1 Å². The van der Waals surface area contributed by atoms with E-state index in [0.29, 0.717) is 104 Å². The predicted octanol–water partition coefficient (Wildman–Crippen LogP) is 4.59. The van der Waals surface area contributed by atoms with E-state index < -0.39 is 0 Å². The number of ketones is 2. The van der Waals surface area contributed by atoms with Gasteiger partial charge in [-0.15, -0.1) is 6.58 Å². The number of ether oxygens (including phenoxy) is 7. The minimum atomic E-state index is 0.0444. The lowest BCUT2D eigenvalue weighted by atomic mass is 10.1. The van der Waals surface area contributed by atoms with E-state index >= 15 is 0 Å². The highest BCUT2D eigenvalue weighted by Gasteiger charge is 2.03. The highest BCUT2D eigenvalue weighted by molar-refractivity contribution is 5.81. The number of rotatable bonds is 31. The van der Waals surface area contributed by atoms with Gasteiger partial charge in [-0.1, -0.05) is 54.0 Å². The van der Waals surface area contributed by atoms with Crippen molar-refractivity contribution < 1.29 is 47.5 Å². The molecule has 0 saturated heterocycles. The quantitative estimate of drug-likeness (QED) is 0.0853. The Morgan fingerprint density at radius 1 is 0.636 bits per heavy atom. The summed E-state index contributed by atoms with van der Waals surface area (Å²) in [5.74, 6) is 0.602. The normalized spacial score (nSPS) is 10.4. The van der Waals surface area contributed by atoms with Gasteiger partial charge in [-0.05, 0) is 18.8 Å². The summed E-state index contributed by atoms with van der Waals surface area (Å²) in [6.45, 7) is 22.7. The summed E-state index contributed by atoms with van der Waals surface area (Å²) in [6.07, 6.45) is 6.15. The van der Waals surface area contributed by atoms with E-state index in [-0.39, 0.29) is 30.7 Å². The van der Waals surface area contributed by atoms with Gasteiger partial charge in [0.2, 0.25) is 5.91 Å². The lowest BCUT2D eigenvalue weighted by Crippen LogP contribution is -2.28. The molecule has 1 N–H and O–H groups in total. The second-order valence-corrected chi connectivity index (χ2v) is 9.79. The molecule has 0 aromatic heterocycles. The molecular formula is C33H65NO10. The van der Waals surface area contributed by atoms with Crippen LogP contribution in [0.5, 0.6) is 0 Å². The number of hydrogen-bond acceptors (Lipinski definition) is 10. The van der Waals surface area contributed by atoms with Gasteiger partial charge in [0.25, 0.3) is 0 Å². The molecule has 0 aliphatic heterocycles. The van der Waals surface area contributed by atoms with Crippen molar-refractivity contribution in [2.75, 3.05) is 99.0 Å². The topological polar surface area (TPSA) is 128 Å². The third-order valence-corrected chi connectivity index (χ3v) is 5.09. The maximum absolute atomic E-state index is 11.4. The van der Waals surface area contributed by atoms with Crippen LogP contribution >= 0.6 is 0 Å². The van der Waals surface area contributed by atoms with Gasteiger partial charge < -0.3 is 38.5 Å². The number of allylic oxidation sites excluding steroid dienone is 1. The van der Waals surface area contributed by atoms with E-state index in [1.54, 1.807) is 6.08 Å². The van der Waals surface area contributed by atoms with Crippen LogP contribution in [-0.4, -0.2) is 117 Å². The summed E-state index contributed by atoms with van der Waals surface area (Å²) in [4.78, 5) is 33.6. The fourth-order valence-electron chi connectivity index (χ4n) is 2.99. The number of carbonyl (C=O) groups is 3. The van der Waals surface area contributed by atoms with Crippen LogP contribution in [0, 0.1) is 5.92 Å². The van der Waals surface area contributed by atoms with Crippen LogP contribution < -0.4 is 5.32 Å². The van der Waals surface area contributed by atoms with Gasteiger partial charge in [0.15, 0.2) is 11.6 Å². The average Bonchev–Trinajstić information content (AvgIpc) is 2.99. The molecule has 0 spiro atoms. The summed E-state index contributed by atoms with van der Waals surface area (Å²) in [7, 11) is 0. The first-order valence-corrected chi connectivity index (χ1v) is 16.3. The lowest BCUT2D eigenvalue weighted by molar-refractivity contribution is -0.124. The van der Waals surface area contributed by atoms with Crippen LogP contribution in [0.25, 0.3) is 0 Å². The Hall–Kier alpha value is -1.73. The molecule has 262 valence electrons. The fraction of sp³-hybridized carbons (Fsp3) is 0.848. The largest absolute Gasteiger partial charge is 0.379 e. The van der Waals surface area contributed by atoms with Crippen molar-refractivity contribution in [1.82, 2.24) is 5.32 Å². The first-order valence-electron chi connectivity index (χ1n) is 16.3. The highest BCUT2D eigenvalue weighted by atomic mass is 16.6. The smallest absolute Gasteiger partial charge is 0.220 e. The van der Waals surface area contributed by atoms with E-state index in [0.717, 1.165) is 25.9 Å². The zero-order valence-corrected chi connectivity index (χ0v) is 28.8. The van der Waals surface area contributed by atoms with Crippen molar-refractivity contribution in [1.29, 1.82) is 0 Å². The molecule has 0 aromatic rings. The van der Waals surface area contributed by atoms with Crippen LogP contribution in [0.2, 0.25) is 0 Å². The Labute approximate surface area is 268 Å². The van der Waals surface area contributed by atoms with Crippen LogP contribution in [0.15, 0.2) is 12.7 Å². The minimum Gasteiger partial charge on any atom is -0.379 e. The number of hydrogen-bond donors (Lipinski definition) is 1. The maximum atomic E-state index is 11.4. The molecule has 0 unspecified atom stereocenters. The second kappa shape index (κ2) is 41.3. The van der Waals surface area contributed by atoms with Crippen molar-refractivity contribution in [2.45, 2.75) is 80.1 Å². The highest BCUT2D eigenvalue weighted by Crippen LogP contribution is 1.97. The van der Waals surface area contributed by atoms with Crippen molar-refractivity contribution in [3.8, 4) is 0 Å². The molecule has 0 aromatic carbocycles. The molecule has 0 saturated carbocycles. The van der Waals surface area contributed by atoms with Gasteiger partial charge in [0.05, 0.1) is 72.7 Å². The van der Waals surface area contributed by atoms with Crippen LogP contribution in [0.3, 0.4) is 0 Å². The first kappa shape index (κ1) is 46.7. The molecule has 0 atom stereocenters. The summed E-state index contributed by atoms with van der Waals surface area (Å²) in [6, 6.07) is 0. The van der Waals surface area contributed by atoms with Gasteiger partial charge in [-0.3, -0.25) is 14.4 Å². The van der Waals surface area contributed by atoms with Crippen molar-refractivity contribution in [2.24, 2.45) is 5.92 Å². The summed E-state index contributed by atoms with van der Waals surface area (Å²) < 4.78 is 37.0. The Balaban J connectivity index is -0.000000771.